The van der Waals surface area contributed by atoms with Gasteiger partial charge in [0.25, 0.3) is 11.6 Å². The number of nitro benzene ring substituents is 1. The van der Waals surface area contributed by atoms with E-state index in [-0.39, 0.29) is 11.3 Å². The van der Waals surface area contributed by atoms with Gasteiger partial charge in [-0.15, -0.1) is 10.2 Å². The average molecular weight is 447 g/mol. The minimum Gasteiger partial charge on any atom is -0.457 e. The van der Waals surface area contributed by atoms with E-state index in [0.29, 0.717) is 27.2 Å². The number of carbonyl (C=O) groups is 1. The molecule has 0 atom stereocenters. The number of benzene rings is 3. The Kier molecular flexibility index (Phi) is 6.13. The van der Waals surface area contributed by atoms with Crippen molar-refractivity contribution < 1.29 is 14.5 Å². The molecule has 4 rings (SSSR count). The fourth-order valence-corrected chi connectivity index (χ4v) is 3.67. The Labute approximate surface area is 187 Å². The summed E-state index contributed by atoms with van der Waals surface area (Å²) in [5.41, 5.74) is 0.476. The van der Waals surface area contributed by atoms with E-state index in [0.717, 1.165) is 11.8 Å². The Balaban J connectivity index is 1.52. The Bertz CT molecular complexity index is 1280. The molecule has 0 aliphatic heterocycles. The maximum Gasteiger partial charge on any atom is 0.284 e. The van der Waals surface area contributed by atoms with Gasteiger partial charge in [-0.1, -0.05) is 24.3 Å². The number of hydrogen-bond acceptors (Lipinski definition) is 7. The lowest BCUT2D eigenvalue weighted by Gasteiger charge is -2.10. The summed E-state index contributed by atoms with van der Waals surface area (Å²) in [5, 5.41) is 22.5. The SMILES string of the molecule is Cn1cnnc1Sc1ccc(C(=O)Nc2cccc(Oc3ccccc3)c2)cc1[N+](=O)[O-]. The Hall–Kier alpha value is -4.18. The first-order valence-corrected chi connectivity index (χ1v) is 10.3. The molecular weight excluding hydrogens is 430 g/mol. The molecule has 0 fully saturated rings. The van der Waals surface area contributed by atoms with Crippen molar-refractivity contribution in [1.82, 2.24) is 14.8 Å². The first-order chi connectivity index (χ1) is 15.5. The van der Waals surface area contributed by atoms with E-state index < -0.39 is 10.8 Å². The number of nitrogens with zero attached hydrogens (tertiary/aromatic N) is 4. The van der Waals surface area contributed by atoms with Crippen LogP contribution in [0.4, 0.5) is 11.4 Å². The van der Waals surface area contributed by atoms with Gasteiger partial charge in [-0.05, 0) is 48.2 Å². The van der Waals surface area contributed by atoms with E-state index in [1.807, 2.05) is 30.3 Å². The van der Waals surface area contributed by atoms with Gasteiger partial charge in [0.15, 0.2) is 5.16 Å². The van der Waals surface area contributed by atoms with Crippen molar-refractivity contribution in [3.8, 4) is 11.5 Å². The molecule has 160 valence electrons. The van der Waals surface area contributed by atoms with E-state index in [1.165, 1.54) is 24.5 Å². The third kappa shape index (κ3) is 4.93. The van der Waals surface area contributed by atoms with Gasteiger partial charge < -0.3 is 14.6 Å². The molecule has 0 spiro atoms. The van der Waals surface area contributed by atoms with Gasteiger partial charge >= 0.3 is 0 Å². The van der Waals surface area contributed by atoms with Crippen molar-refractivity contribution in [1.29, 1.82) is 0 Å². The quantitative estimate of drug-likeness (QED) is 0.316. The van der Waals surface area contributed by atoms with Gasteiger partial charge in [0, 0.05) is 30.4 Å². The average Bonchev–Trinajstić information content (AvgIpc) is 3.19. The minimum absolute atomic E-state index is 0.161. The second kappa shape index (κ2) is 9.31. The maximum absolute atomic E-state index is 12.7. The number of amides is 1. The standard InChI is InChI=1S/C22H17N5O4S/c1-26-14-23-25-22(26)32-20-11-10-15(12-19(20)27(29)30)21(28)24-16-6-5-9-18(13-16)31-17-7-3-2-4-8-17/h2-14H,1H3,(H,24,28). The number of carbonyl (C=O) groups excluding carboxylic acids is 1. The first-order valence-electron chi connectivity index (χ1n) is 9.44. The lowest BCUT2D eigenvalue weighted by Crippen LogP contribution is -2.12. The van der Waals surface area contributed by atoms with Gasteiger partial charge in [0.1, 0.15) is 17.8 Å². The summed E-state index contributed by atoms with van der Waals surface area (Å²) in [7, 11) is 1.74. The number of para-hydroxylation sites is 1. The third-order valence-electron chi connectivity index (χ3n) is 4.36. The molecular formula is C22H17N5O4S. The molecule has 1 amide bonds. The Morgan fingerprint density at radius 3 is 2.56 bits per heavy atom. The first kappa shape index (κ1) is 21.1. The summed E-state index contributed by atoms with van der Waals surface area (Å²) in [6, 6.07) is 20.5. The van der Waals surface area contributed by atoms with Crippen LogP contribution < -0.4 is 10.1 Å². The van der Waals surface area contributed by atoms with Crippen molar-refractivity contribution in [3.63, 3.8) is 0 Å². The van der Waals surface area contributed by atoms with Crippen molar-refractivity contribution in [2.45, 2.75) is 10.1 Å². The van der Waals surface area contributed by atoms with Gasteiger partial charge in [-0.2, -0.15) is 0 Å². The highest BCUT2D eigenvalue weighted by Gasteiger charge is 2.20. The van der Waals surface area contributed by atoms with Crippen molar-refractivity contribution in [2.24, 2.45) is 7.05 Å². The van der Waals surface area contributed by atoms with Crippen LogP contribution in [0.5, 0.6) is 11.5 Å². The summed E-state index contributed by atoms with van der Waals surface area (Å²) in [6.45, 7) is 0. The zero-order valence-corrected chi connectivity index (χ0v) is 17.7. The number of rotatable bonds is 7. The van der Waals surface area contributed by atoms with Crippen LogP contribution >= 0.6 is 11.8 Å². The summed E-state index contributed by atoms with van der Waals surface area (Å²) in [6.07, 6.45) is 1.51. The molecule has 0 unspecified atom stereocenters. The van der Waals surface area contributed by atoms with Crippen LogP contribution in [0.2, 0.25) is 0 Å². The molecule has 4 aromatic rings. The van der Waals surface area contributed by atoms with Crippen LogP contribution in [0.1, 0.15) is 10.4 Å². The van der Waals surface area contributed by atoms with Crippen molar-refractivity contribution >= 4 is 29.0 Å². The molecule has 1 aromatic heterocycles. The van der Waals surface area contributed by atoms with Crippen LogP contribution in [0.15, 0.2) is 89.2 Å². The van der Waals surface area contributed by atoms with E-state index in [9.17, 15) is 14.9 Å². The highest BCUT2D eigenvalue weighted by molar-refractivity contribution is 7.99. The number of aromatic nitrogens is 3. The molecule has 0 radical (unpaired) electrons. The predicted molar refractivity (Wildman–Crippen MR) is 119 cm³/mol. The number of hydrogen-bond donors (Lipinski definition) is 1. The number of aryl methyl sites for hydroxylation is 1. The van der Waals surface area contributed by atoms with Crippen LogP contribution in [-0.4, -0.2) is 25.6 Å². The van der Waals surface area contributed by atoms with E-state index in [4.69, 9.17) is 4.74 Å². The monoisotopic (exact) mass is 447 g/mol. The molecule has 1 heterocycles. The minimum atomic E-state index is -0.524. The lowest BCUT2D eigenvalue weighted by molar-refractivity contribution is -0.387. The molecule has 10 heteroatoms. The summed E-state index contributed by atoms with van der Waals surface area (Å²) in [5.74, 6) is 0.748. The highest BCUT2D eigenvalue weighted by Crippen LogP contribution is 2.34. The van der Waals surface area contributed by atoms with Crippen LogP contribution in [0.3, 0.4) is 0 Å². The smallest absolute Gasteiger partial charge is 0.284 e. The Morgan fingerprint density at radius 1 is 1.06 bits per heavy atom. The number of nitrogens with one attached hydrogen (secondary N) is 1. The molecule has 0 bridgehead atoms. The number of anilines is 1. The number of nitro groups is 1. The van der Waals surface area contributed by atoms with Gasteiger partial charge in [0.2, 0.25) is 0 Å². The van der Waals surface area contributed by atoms with Gasteiger partial charge in [0.05, 0.1) is 9.82 Å². The molecule has 3 aromatic carbocycles. The molecule has 9 nitrogen and oxygen atoms in total. The predicted octanol–water partition coefficient (Wildman–Crippen LogP) is 4.92. The van der Waals surface area contributed by atoms with E-state index >= 15 is 0 Å². The van der Waals surface area contributed by atoms with Crippen LogP contribution in [0, 0.1) is 10.1 Å². The van der Waals surface area contributed by atoms with Gasteiger partial charge in [-0.25, -0.2) is 0 Å². The van der Waals surface area contributed by atoms with Crippen LogP contribution in [0.25, 0.3) is 0 Å². The maximum atomic E-state index is 12.7. The summed E-state index contributed by atoms with van der Waals surface area (Å²) >= 11 is 1.10. The fourth-order valence-electron chi connectivity index (χ4n) is 2.82. The largest absolute Gasteiger partial charge is 0.457 e. The molecule has 32 heavy (non-hydrogen) atoms. The van der Waals surface area contributed by atoms with E-state index in [2.05, 4.69) is 15.5 Å². The molecule has 0 saturated carbocycles. The summed E-state index contributed by atoms with van der Waals surface area (Å²) < 4.78 is 7.43. The second-order valence-electron chi connectivity index (χ2n) is 6.66. The topological polar surface area (TPSA) is 112 Å². The summed E-state index contributed by atoms with van der Waals surface area (Å²) in [4.78, 5) is 24.2. The number of ether oxygens (including phenoxy) is 1. The molecule has 0 aliphatic carbocycles. The normalized spacial score (nSPS) is 10.5. The molecule has 0 saturated heterocycles. The van der Waals surface area contributed by atoms with Crippen LogP contribution in [-0.2, 0) is 7.05 Å². The zero-order valence-electron chi connectivity index (χ0n) is 16.8. The Morgan fingerprint density at radius 2 is 1.84 bits per heavy atom. The van der Waals surface area contributed by atoms with Crippen molar-refractivity contribution in [2.75, 3.05) is 5.32 Å². The molecule has 0 aliphatic rings. The fraction of sp³-hybridized carbons (Fsp3) is 0.0455. The lowest BCUT2D eigenvalue weighted by atomic mass is 10.2. The molecule has 1 N–H and O–H groups in total. The van der Waals surface area contributed by atoms with Crippen molar-refractivity contribution in [3.05, 3.63) is 94.8 Å². The second-order valence-corrected chi connectivity index (χ2v) is 7.67. The zero-order chi connectivity index (χ0) is 22.5. The highest BCUT2D eigenvalue weighted by atomic mass is 32.2. The third-order valence-corrected chi connectivity index (χ3v) is 5.48. The van der Waals surface area contributed by atoms with Gasteiger partial charge in [-0.3, -0.25) is 14.9 Å². The van der Waals surface area contributed by atoms with E-state index in [1.54, 1.807) is 35.9 Å².